The first-order valence-electron chi connectivity index (χ1n) is 8.95. The Labute approximate surface area is 169 Å². The van der Waals surface area contributed by atoms with Crippen molar-refractivity contribution in [1.29, 1.82) is 0 Å². The van der Waals surface area contributed by atoms with E-state index in [2.05, 4.69) is 0 Å². The Balaban J connectivity index is 1.73. The van der Waals surface area contributed by atoms with E-state index >= 15 is 0 Å². The lowest BCUT2D eigenvalue weighted by Gasteiger charge is -2.01. The summed E-state index contributed by atoms with van der Waals surface area (Å²) in [6.45, 7) is 0. The molecule has 0 saturated heterocycles. The second kappa shape index (κ2) is 6.96. The molecule has 0 unspecified atom stereocenters. The molecule has 29 heavy (non-hydrogen) atoms. The molecule has 0 fully saturated rings. The SMILES string of the molecule is O=[N+]([O-])c1cccc(-c2nn(-c3ccccc3)cc2-c2nc3ccccc3s2)c1. The van der Waals surface area contributed by atoms with E-state index in [0.29, 0.717) is 11.3 Å². The molecule has 0 aliphatic rings. The molecule has 2 aromatic heterocycles. The van der Waals surface area contributed by atoms with Crippen LogP contribution in [0.5, 0.6) is 0 Å². The molecule has 0 amide bonds. The zero-order valence-corrected chi connectivity index (χ0v) is 15.9. The lowest BCUT2D eigenvalue weighted by atomic mass is 10.1. The van der Waals surface area contributed by atoms with Crippen LogP contribution in [-0.4, -0.2) is 19.7 Å². The summed E-state index contributed by atoms with van der Waals surface area (Å²) < 4.78 is 2.87. The van der Waals surface area contributed by atoms with Crippen LogP contribution in [0.1, 0.15) is 0 Å². The molecule has 0 aliphatic heterocycles. The first-order chi connectivity index (χ1) is 14.2. The fourth-order valence-corrected chi connectivity index (χ4v) is 4.19. The molecule has 0 aliphatic carbocycles. The van der Waals surface area contributed by atoms with Gasteiger partial charge in [-0.3, -0.25) is 10.1 Å². The Morgan fingerprint density at radius 1 is 0.931 bits per heavy atom. The smallest absolute Gasteiger partial charge is 0.258 e. The van der Waals surface area contributed by atoms with Gasteiger partial charge in [0.05, 0.1) is 26.4 Å². The van der Waals surface area contributed by atoms with E-state index in [9.17, 15) is 10.1 Å². The van der Waals surface area contributed by atoms with Gasteiger partial charge in [0.15, 0.2) is 0 Å². The normalized spacial score (nSPS) is 11.0. The molecule has 5 aromatic rings. The molecule has 0 N–H and O–H groups in total. The van der Waals surface area contributed by atoms with Crippen LogP contribution in [0.4, 0.5) is 5.69 Å². The molecular weight excluding hydrogens is 384 g/mol. The Morgan fingerprint density at radius 3 is 2.52 bits per heavy atom. The molecule has 3 aromatic carbocycles. The van der Waals surface area contributed by atoms with Crippen LogP contribution < -0.4 is 0 Å². The third-order valence-corrected chi connectivity index (χ3v) is 5.66. The van der Waals surface area contributed by atoms with Crippen molar-refractivity contribution < 1.29 is 4.92 Å². The van der Waals surface area contributed by atoms with Crippen LogP contribution >= 0.6 is 11.3 Å². The van der Waals surface area contributed by atoms with Gasteiger partial charge in [-0.2, -0.15) is 5.10 Å². The maximum Gasteiger partial charge on any atom is 0.270 e. The average molecular weight is 398 g/mol. The van der Waals surface area contributed by atoms with Crippen molar-refractivity contribution in [3.8, 4) is 27.5 Å². The molecule has 7 heteroatoms. The van der Waals surface area contributed by atoms with Crippen molar-refractivity contribution in [2.45, 2.75) is 0 Å². The highest BCUT2D eigenvalue weighted by atomic mass is 32.1. The van der Waals surface area contributed by atoms with E-state index in [1.165, 1.54) is 6.07 Å². The maximum absolute atomic E-state index is 11.3. The van der Waals surface area contributed by atoms with E-state index in [-0.39, 0.29) is 5.69 Å². The number of nitro groups is 1. The highest BCUT2D eigenvalue weighted by molar-refractivity contribution is 7.21. The molecule has 0 bridgehead atoms. The quantitative estimate of drug-likeness (QED) is 0.286. The van der Waals surface area contributed by atoms with Gasteiger partial charge in [0, 0.05) is 23.9 Å². The molecule has 2 heterocycles. The van der Waals surface area contributed by atoms with Gasteiger partial charge in [-0.15, -0.1) is 11.3 Å². The number of aromatic nitrogens is 3. The Bertz CT molecular complexity index is 1310. The van der Waals surface area contributed by atoms with Crippen LogP contribution in [0.25, 0.3) is 37.7 Å². The highest BCUT2D eigenvalue weighted by Gasteiger charge is 2.19. The third-order valence-electron chi connectivity index (χ3n) is 4.59. The standard InChI is InChI=1S/C22H14N4O2S/c27-26(28)17-10-6-7-15(13-17)21-18(14-25(24-21)16-8-2-1-3-9-16)22-23-19-11-4-5-12-20(19)29-22/h1-14H. The lowest BCUT2D eigenvalue weighted by molar-refractivity contribution is -0.384. The van der Waals surface area contributed by atoms with Crippen molar-refractivity contribution >= 4 is 27.2 Å². The first-order valence-corrected chi connectivity index (χ1v) is 9.76. The van der Waals surface area contributed by atoms with Crippen molar-refractivity contribution in [3.05, 3.63) is 95.2 Å². The van der Waals surface area contributed by atoms with Gasteiger partial charge in [0.25, 0.3) is 5.69 Å². The zero-order chi connectivity index (χ0) is 19.8. The average Bonchev–Trinajstić information content (AvgIpc) is 3.39. The minimum atomic E-state index is -0.394. The summed E-state index contributed by atoms with van der Waals surface area (Å²) in [4.78, 5) is 15.6. The predicted molar refractivity (Wildman–Crippen MR) is 114 cm³/mol. The molecule has 5 rings (SSSR count). The number of rotatable bonds is 4. The number of nitro benzene ring substituents is 1. The summed E-state index contributed by atoms with van der Waals surface area (Å²) in [6, 6.07) is 24.3. The van der Waals surface area contributed by atoms with Crippen LogP contribution in [0.3, 0.4) is 0 Å². The second-order valence-electron chi connectivity index (χ2n) is 6.47. The van der Waals surface area contributed by atoms with Gasteiger partial charge in [-0.1, -0.05) is 42.5 Å². The summed E-state index contributed by atoms with van der Waals surface area (Å²) in [5, 5.41) is 16.8. The Kier molecular flexibility index (Phi) is 4.14. The summed E-state index contributed by atoms with van der Waals surface area (Å²) in [6.07, 6.45) is 1.93. The van der Waals surface area contributed by atoms with Crippen LogP contribution in [0, 0.1) is 10.1 Å². The van der Waals surface area contributed by atoms with Gasteiger partial charge in [0.2, 0.25) is 0 Å². The Hall–Kier alpha value is -3.84. The monoisotopic (exact) mass is 398 g/mol. The molecule has 0 spiro atoms. The first kappa shape index (κ1) is 17.3. The van der Waals surface area contributed by atoms with Crippen LogP contribution in [-0.2, 0) is 0 Å². The number of hydrogen-bond acceptors (Lipinski definition) is 5. The molecule has 0 atom stereocenters. The summed E-state index contributed by atoms with van der Waals surface area (Å²) in [7, 11) is 0. The minimum absolute atomic E-state index is 0.0343. The molecule has 0 saturated carbocycles. The molecule has 6 nitrogen and oxygen atoms in total. The van der Waals surface area contributed by atoms with Gasteiger partial charge >= 0.3 is 0 Å². The summed E-state index contributed by atoms with van der Waals surface area (Å²) in [5.74, 6) is 0. The zero-order valence-electron chi connectivity index (χ0n) is 15.1. The van der Waals surface area contributed by atoms with E-state index in [4.69, 9.17) is 10.1 Å². The predicted octanol–water partition coefficient (Wildman–Crippen LogP) is 5.72. The number of para-hydroxylation sites is 2. The fraction of sp³-hybridized carbons (Fsp3) is 0. The van der Waals surface area contributed by atoms with Gasteiger partial charge in [-0.25, -0.2) is 9.67 Å². The molecule has 140 valence electrons. The summed E-state index contributed by atoms with van der Waals surface area (Å²) in [5.41, 5.74) is 4.05. The fourth-order valence-electron chi connectivity index (χ4n) is 3.21. The lowest BCUT2D eigenvalue weighted by Crippen LogP contribution is -1.94. The number of benzene rings is 3. The number of non-ortho nitro benzene ring substituents is 1. The molecular formula is C22H14N4O2S. The molecule has 0 radical (unpaired) electrons. The van der Waals surface area contributed by atoms with Gasteiger partial charge in [-0.05, 0) is 24.3 Å². The van der Waals surface area contributed by atoms with E-state index in [0.717, 1.165) is 26.5 Å². The topological polar surface area (TPSA) is 73.8 Å². The second-order valence-corrected chi connectivity index (χ2v) is 7.50. The Morgan fingerprint density at radius 2 is 1.72 bits per heavy atom. The van der Waals surface area contributed by atoms with E-state index in [1.54, 1.807) is 28.2 Å². The van der Waals surface area contributed by atoms with Gasteiger partial charge in [0.1, 0.15) is 10.7 Å². The number of thiazole rings is 1. The van der Waals surface area contributed by atoms with Crippen molar-refractivity contribution in [1.82, 2.24) is 14.8 Å². The third kappa shape index (κ3) is 3.17. The van der Waals surface area contributed by atoms with E-state index < -0.39 is 4.92 Å². The maximum atomic E-state index is 11.3. The number of hydrogen-bond donors (Lipinski definition) is 0. The summed E-state index contributed by atoms with van der Waals surface area (Å²) >= 11 is 1.58. The van der Waals surface area contributed by atoms with Crippen LogP contribution in [0.2, 0.25) is 0 Å². The van der Waals surface area contributed by atoms with Crippen molar-refractivity contribution in [2.24, 2.45) is 0 Å². The van der Waals surface area contributed by atoms with E-state index in [1.807, 2.05) is 66.9 Å². The van der Waals surface area contributed by atoms with Gasteiger partial charge < -0.3 is 0 Å². The number of nitrogens with zero attached hydrogens (tertiary/aromatic N) is 4. The largest absolute Gasteiger partial charge is 0.270 e. The van der Waals surface area contributed by atoms with Crippen molar-refractivity contribution in [3.63, 3.8) is 0 Å². The minimum Gasteiger partial charge on any atom is -0.258 e. The van der Waals surface area contributed by atoms with Crippen molar-refractivity contribution in [2.75, 3.05) is 0 Å². The highest BCUT2D eigenvalue weighted by Crippen LogP contribution is 2.37. The number of fused-ring (bicyclic) bond motifs is 1. The van der Waals surface area contributed by atoms with Crippen LogP contribution in [0.15, 0.2) is 85.1 Å².